The Labute approximate surface area is 172 Å². The van der Waals surface area contributed by atoms with E-state index in [4.69, 9.17) is 9.47 Å². The summed E-state index contributed by atoms with van der Waals surface area (Å²) in [6.45, 7) is 4.23. The molecule has 1 N–H and O–H groups in total. The van der Waals surface area contributed by atoms with E-state index in [1.807, 2.05) is 12.3 Å². The molecule has 7 heteroatoms. The van der Waals surface area contributed by atoms with Crippen LogP contribution in [0.5, 0.6) is 0 Å². The first-order valence-corrected chi connectivity index (χ1v) is 10.1. The van der Waals surface area contributed by atoms with Crippen molar-refractivity contribution in [2.24, 2.45) is 5.41 Å². The van der Waals surface area contributed by atoms with Crippen LogP contribution in [0, 0.1) is 17.3 Å². The van der Waals surface area contributed by atoms with Gasteiger partial charge in [0.1, 0.15) is 0 Å². The van der Waals surface area contributed by atoms with E-state index < -0.39 is 24.0 Å². The molecule has 1 fully saturated rings. The molecule has 158 valence electrons. The Morgan fingerprint density at radius 2 is 1.97 bits per heavy atom. The summed E-state index contributed by atoms with van der Waals surface area (Å²) in [5.41, 5.74) is -0.638. The number of esters is 2. The highest BCUT2D eigenvalue weighted by Crippen LogP contribution is 2.30. The zero-order chi connectivity index (χ0) is 21.1. The average molecular weight is 402 g/mol. The number of carbonyl (C=O) groups excluding carboxylic acids is 2. The van der Waals surface area contributed by atoms with Crippen molar-refractivity contribution in [3.05, 3.63) is 30.1 Å². The zero-order valence-electron chi connectivity index (χ0n) is 17.2. The Kier molecular flexibility index (Phi) is 9.10. The van der Waals surface area contributed by atoms with Gasteiger partial charge < -0.3 is 14.6 Å². The third-order valence-corrected chi connectivity index (χ3v) is 5.08. The minimum absolute atomic E-state index is 0.105. The van der Waals surface area contributed by atoms with E-state index in [1.54, 1.807) is 20.0 Å². The van der Waals surface area contributed by atoms with Gasteiger partial charge in [-0.15, -0.1) is 5.92 Å². The molecule has 7 nitrogen and oxygen atoms in total. The lowest BCUT2D eigenvalue weighted by Gasteiger charge is -2.34. The van der Waals surface area contributed by atoms with E-state index in [0.717, 1.165) is 31.4 Å². The summed E-state index contributed by atoms with van der Waals surface area (Å²) in [7, 11) is 0. The summed E-state index contributed by atoms with van der Waals surface area (Å²) in [6.07, 6.45) is 6.80. The Hall–Kier alpha value is -2.43. The first-order chi connectivity index (χ1) is 14.1. The average Bonchev–Trinajstić information content (AvgIpc) is 2.75. The summed E-state index contributed by atoms with van der Waals surface area (Å²) in [5, 5.41) is 9.82. The molecule has 1 aromatic heterocycles. The third-order valence-electron chi connectivity index (χ3n) is 5.08. The molecule has 29 heavy (non-hydrogen) atoms. The van der Waals surface area contributed by atoms with Crippen molar-refractivity contribution in [3.63, 3.8) is 0 Å². The number of ether oxygens (including phenoxy) is 2. The summed E-state index contributed by atoms with van der Waals surface area (Å²) in [6, 6.07) is 4.26. The largest absolute Gasteiger partial charge is 0.465 e. The minimum atomic E-state index is -1.80. The van der Waals surface area contributed by atoms with Crippen LogP contribution < -0.4 is 0 Å². The molecule has 0 aliphatic carbocycles. The van der Waals surface area contributed by atoms with Gasteiger partial charge >= 0.3 is 11.9 Å². The van der Waals surface area contributed by atoms with Crippen LogP contribution in [0.25, 0.3) is 0 Å². The number of piperidine rings is 1. The minimum Gasteiger partial charge on any atom is -0.465 e. The van der Waals surface area contributed by atoms with Gasteiger partial charge in [0.25, 0.3) is 0 Å². The number of aromatic nitrogens is 1. The van der Waals surface area contributed by atoms with Gasteiger partial charge in [0.05, 0.1) is 26.4 Å². The smallest absolute Gasteiger partial charge is 0.326 e. The molecule has 1 aromatic rings. The van der Waals surface area contributed by atoms with Crippen LogP contribution in [-0.2, 0) is 19.1 Å². The normalized spacial score (nSPS) is 17.1. The van der Waals surface area contributed by atoms with Gasteiger partial charge in [-0.1, -0.05) is 18.4 Å². The van der Waals surface area contributed by atoms with E-state index in [2.05, 4.69) is 27.8 Å². The van der Waals surface area contributed by atoms with Crippen LogP contribution >= 0.6 is 0 Å². The molecular weight excluding hydrogens is 372 g/mol. The van der Waals surface area contributed by atoms with Crippen molar-refractivity contribution in [1.82, 2.24) is 9.88 Å². The standard InChI is InChI=1S/C22H30N2O5/c1-3-28-20(26)22(17-25,21(27)29-4-2)12-6-8-15-24-14-7-5-11-19(24)18-10-9-13-23-16-18/h9-10,13,16,19,25H,3-5,7,11-12,14-15,17H2,1-2H3/t19-/m1/s1. The molecule has 0 aromatic carbocycles. The molecule has 2 heterocycles. The first-order valence-electron chi connectivity index (χ1n) is 10.1. The molecule has 2 rings (SSSR count). The molecule has 0 amide bonds. The lowest BCUT2D eigenvalue weighted by atomic mass is 9.85. The number of nitrogens with zero attached hydrogens (tertiary/aromatic N) is 2. The van der Waals surface area contributed by atoms with Crippen molar-refractivity contribution in [3.8, 4) is 11.8 Å². The SMILES string of the molecule is CCOC(=O)C(CO)(CC#CCN1CCCC[C@@H]1c1cccnc1)C(=O)OCC. The van der Waals surface area contributed by atoms with E-state index in [0.29, 0.717) is 6.54 Å². The van der Waals surface area contributed by atoms with Gasteiger partial charge in [0.15, 0.2) is 5.41 Å². The summed E-state index contributed by atoms with van der Waals surface area (Å²) in [5.74, 6) is 4.37. The number of hydrogen-bond acceptors (Lipinski definition) is 7. The van der Waals surface area contributed by atoms with E-state index in [9.17, 15) is 14.7 Å². The fraction of sp³-hybridized carbons (Fsp3) is 0.591. The number of aliphatic hydroxyl groups excluding tert-OH is 1. The third kappa shape index (κ3) is 5.78. The van der Waals surface area contributed by atoms with Gasteiger partial charge in [-0.3, -0.25) is 19.5 Å². The summed E-state index contributed by atoms with van der Waals surface area (Å²) < 4.78 is 10.0. The highest BCUT2D eigenvalue weighted by atomic mass is 16.6. The van der Waals surface area contributed by atoms with Crippen molar-refractivity contribution >= 4 is 11.9 Å². The van der Waals surface area contributed by atoms with E-state index in [1.165, 1.54) is 0 Å². The molecular formula is C22H30N2O5. The summed E-state index contributed by atoms with van der Waals surface area (Å²) >= 11 is 0. The maximum absolute atomic E-state index is 12.4. The van der Waals surface area contributed by atoms with Crippen molar-refractivity contribution in [2.75, 3.05) is 32.9 Å². The fourth-order valence-electron chi connectivity index (χ4n) is 3.45. The highest BCUT2D eigenvalue weighted by molar-refractivity contribution is 6.00. The molecule has 1 saturated heterocycles. The number of likely N-dealkylation sites (tertiary alicyclic amines) is 1. The fourth-order valence-corrected chi connectivity index (χ4v) is 3.45. The van der Waals surface area contributed by atoms with Crippen molar-refractivity contribution in [1.29, 1.82) is 0 Å². The Morgan fingerprint density at radius 3 is 2.55 bits per heavy atom. The molecule has 0 radical (unpaired) electrons. The lowest BCUT2D eigenvalue weighted by molar-refractivity contribution is -0.174. The maximum Gasteiger partial charge on any atom is 0.326 e. The number of aliphatic hydroxyl groups is 1. The lowest BCUT2D eigenvalue weighted by Crippen LogP contribution is -2.45. The molecule has 1 atom stereocenters. The van der Waals surface area contributed by atoms with E-state index in [-0.39, 0.29) is 25.7 Å². The number of pyridine rings is 1. The maximum atomic E-state index is 12.4. The van der Waals surface area contributed by atoms with Crippen LogP contribution in [0.1, 0.15) is 51.1 Å². The number of rotatable bonds is 8. The van der Waals surface area contributed by atoms with Crippen LogP contribution in [-0.4, -0.2) is 59.8 Å². The zero-order valence-corrected chi connectivity index (χ0v) is 17.2. The van der Waals surface area contributed by atoms with Crippen LogP contribution in [0.4, 0.5) is 0 Å². The topological polar surface area (TPSA) is 89.0 Å². The quantitative estimate of drug-likeness (QED) is 0.405. The van der Waals surface area contributed by atoms with Crippen LogP contribution in [0.15, 0.2) is 24.5 Å². The van der Waals surface area contributed by atoms with Crippen LogP contribution in [0.2, 0.25) is 0 Å². The van der Waals surface area contributed by atoms with Crippen molar-refractivity contribution < 1.29 is 24.2 Å². The molecule has 1 aliphatic heterocycles. The second-order valence-corrected chi connectivity index (χ2v) is 6.98. The first kappa shape index (κ1) is 22.9. The van der Waals surface area contributed by atoms with Gasteiger partial charge in [0.2, 0.25) is 0 Å². The molecule has 0 spiro atoms. The Bertz CT molecular complexity index is 708. The van der Waals surface area contributed by atoms with Gasteiger partial charge in [-0.2, -0.15) is 0 Å². The molecule has 1 aliphatic rings. The highest BCUT2D eigenvalue weighted by Gasteiger charge is 2.48. The number of carbonyl (C=O) groups is 2. The second-order valence-electron chi connectivity index (χ2n) is 6.98. The van der Waals surface area contributed by atoms with Crippen molar-refractivity contribution in [2.45, 2.75) is 45.6 Å². The van der Waals surface area contributed by atoms with Gasteiger partial charge in [0, 0.05) is 24.9 Å². The Balaban J connectivity index is 2.11. The monoisotopic (exact) mass is 402 g/mol. The molecule has 0 bridgehead atoms. The van der Waals surface area contributed by atoms with Gasteiger partial charge in [-0.05, 0) is 44.9 Å². The number of hydrogen-bond donors (Lipinski definition) is 1. The predicted molar refractivity (Wildman–Crippen MR) is 108 cm³/mol. The predicted octanol–water partition coefficient (Wildman–Crippen LogP) is 2.11. The Morgan fingerprint density at radius 1 is 1.24 bits per heavy atom. The summed E-state index contributed by atoms with van der Waals surface area (Å²) in [4.78, 5) is 31.2. The van der Waals surface area contributed by atoms with Gasteiger partial charge in [-0.25, -0.2) is 0 Å². The van der Waals surface area contributed by atoms with E-state index >= 15 is 0 Å². The second kappa shape index (κ2) is 11.5. The molecule has 0 saturated carbocycles. The molecule has 0 unspecified atom stereocenters. The van der Waals surface area contributed by atoms with Crippen LogP contribution in [0.3, 0.4) is 0 Å².